The molecule has 0 spiro atoms. The monoisotopic (exact) mass is 293 g/mol. The fourth-order valence-corrected chi connectivity index (χ4v) is 3.36. The third kappa shape index (κ3) is 3.26. The maximum Gasteiger partial charge on any atom is 0.252 e. The highest BCUT2D eigenvalue weighted by Crippen LogP contribution is 2.38. The van der Waals surface area contributed by atoms with E-state index < -0.39 is 0 Å². The molecule has 1 aromatic heterocycles. The van der Waals surface area contributed by atoms with Gasteiger partial charge in [0.2, 0.25) is 0 Å². The van der Waals surface area contributed by atoms with Crippen molar-refractivity contribution in [3.05, 3.63) is 101 Å². The van der Waals surface area contributed by atoms with E-state index in [0.717, 1.165) is 4.73 Å². The highest BCUT2D eigenvalue weighted by Gasteiger charge is 2.19. The molecule has 0 saturated heterocycles. The Labute approximate surface area is 128 Å². The van der Waals surface area contributed by atoms with Gasteiger partial charge in [-0.05, 0) is 29.0 Å². The Morgan fingerprint density at radius 1 is 0.714 bits per heavy atom. The molecule has 2 aromatic carbocycles. The van der Waals surface area contributed by atoms with Gasteiger partial charge in [-0.3, -0.25) is 0 Å². The van der Waals surface area contributed by atoms with E-state index in [2.05, 4.69) is 24.3 Å². The van der Waals surface area contributed by atoms with Crippen LogP contribution in [-0.2, 0) is 0 Å². The van der Waals surface area contributed by atoms with Crippen molar-refractivity contribution in [2.24, 2.45) is 0 Å². The molecule has 104 valence electrons. The molecule has 0 aliphatic rings. The fourth-order valence-electron chi connectivity index (χ4n) is 2.21. The fraction of sp³-hybridized carbons (Fsp3) is 0.0556. The summed E-state index contributed by atoms with van der Waals surface area (Å²) in [5, 5.41) is 12.7. The molecule has 0 bridgehead atoms. The molecule has 0 N–H and O–H groups in total. The van der Waals surface area contributed by atoms with Gasteiger partial charge in [0.15, 0.2) is 6.20 Å². The van der Waals surface area contributed by atoms with Crippen LogP contribution in [0.3, 0.4) is 0 Å². The van der Waals surface area contributed by atoms with Crippen LogP contribution in [0.15, 0.2) is 90.1 Å². The van der Waals surface area contributed by atoms with Gasteiger partial charge in [0.05, 0.1) is 5.25 Å². The summed E-state index contributed by atoms with van der Waals surface area (Å²) in [7, 11) is 0. The zero-order valence-electron chi connectivity index (χ0n) is 11.4. The van der Waals surface area contributed by atoms with E-state index in [9.17, 15) is 5.21 Å². The van der Waals surface area contributed by atoms with Crippen LogP contribution in [0.5, 0.6) is 0 Å². The van der Waals surface area contributed by atoms with Gasteiger partial charge in [0, 0.05) is 12.1 Å². The summed E-state index contributed by atoms with van der Waals surface area (Å²) >= 11 is 1.57. The molecule has 0 radical (unpaired) electrons. The predicted octanol–water partition coefficient (Wildman–Crippen LogP) is 4.20. The first-order valence-corrected chi connectivity index (χ1v) is 7.67. The lowest BCUT2D eigenvalue weighted by molar-refractivity contribution is -0.645. The summed E-state index contributed by atoms with van der Waals surface area (Å²) in [4.78, 5) is 0. The Kier molecular flexibility index (Phi) is 4.22. The molecule has 21 heavy (non-hydrogen) atoms. The number of hydrogen-bond donors (Lipinski definition) is 0. The maximum atomic E-state index is 11.9. The molecule has 0 atom stereocenters. The summed E-state index contributed by atoms with van der Waals surface area (Å²) in [6.07, 6.45) is 1.54. The largest absolute Gasteiger partial charge is 0.618 e. The first-order valence-electron chi connectivity index (χ1n) is 6.79. The second-order valence-corrected chi connectivity index (χ2v) is 5.81. The number of rotatable bonds is 4. The van der Waals surface area contributed by atoms with E-state index >= 15 is 0 Å². The number of benzene rings is 2. The van der Waals surface area contributed by atoms with Gasteiger partial charge in [-0.2, -0.15) is 4.73 Å². The van der Waals surface area contributed by atoms with Crippen molar-refractivity contribution in [3.63, 3.8) is 0 Å². The molecule has 0 unspecified atom stereocenters. The molecule has 2 nitrogen and oxygen atoms in total. The minimum Gasteiger partial charge on any atom is -0.618 e. The van der Waals surface area contributed by atoms with Crippen LogP contribution >= 0.6 is 11.8 Å². The normalized spacial score (nSPS) is 10.7. The summed E-state index contributed by atoms with van der Waals surface area (Å²) < 4.78 is 0.920. The Bertz CT molecular complexity index is 661. The molecule has 0 aliphatic heterocycles. The van der Waals surface area contributed by atoms with Crippen molar-refractivity contribution in [1.82, 2.24) is 0 Å². The number of nitrogens with zero attached hydrogens (tertiary/aromatic N) is 1. The molecule has 0 saturated carbocycles. The van der Waals surface area contributed by atoms with Crippen LogP contribution in [0.2, 0.25) is 0 Å². The number of pyridine rings is 1. The first-order chi connectivity index (χ1) is 10.3. The van der Waals surface area contributed by atoms with Gasteiger partial charge in [-0.15, -0.1) is 0 Å². The van der Waals surface area contributed by atoms with Crippen molar-refractivity contribution in [1.29, 1.82) is 0 Å². The van der Waals surface area contributed by atoms with Gasteiger partial charge >= 0.3 is 0 Å². The topological polar surface area (TPSA) is 26.9 Å². The summed E-state index contributed by atoms with van der Waals surface area (Å²) in [6, 6.07) is 26.0. The van der Waals surface area contributed by atoms with Gasteiger partial charge < -0.3 is 5.21 Å². The standard InChI is InChI=1S/C18H15NOS/c20-19-14-8-7-13-17(19)21-18(15-9-3-1-4-10-15)16-11-5-2-6-12-16/h1-14,18H. The molecule has 0 amide bonds. The molecule has 1 heterocycles. The maximum absolute atomic E-state index is 11.9. The number of thioether (sulfide) groups is 1. The van der Waals surface area contributed by atoms with E-state index in [4.69, 9.17) is 0 Å². The lowest BCUT2D eigenvalue weighted by Crippen LogP contribution is -2.28. The highest BCUT2D eigenvalue weighted by molar-refractivity contribution is 7.99. The molecule has 3 aromatic rings. The second-order valence-electron chi connectivity index (χ2n) is 4.68. The molecule has 0 aliphatic carbocycles. The van der Waals surface area contributed by atoms with Crippen molar-refractivity contribution in [3.8, 4) is 0 Å². The summed E-state index contributed by atoms with van der Waals surface area (Å²) in [5.41, 5.74) is 2.38. The molecular formula is C18H15NOS. The van der Waals surface area contributed by atoms with E-state index in [1.807, 2.05) is 48.5 Å². The van der Waals surface area contributed by atoms with Crippen LogP contribution in [0.1, 0.15) is 16.4 Å². The van der Waals surface area contributed by atoms with Crippen LogP contribution in [0, 0.1) is 5.21 Å². The van der Waals surface area contributed by atoms with E-state index in [1.54, 1.807) is 17.8 Å². The average Bonchev–Trinajstić information content (AvgIpc) is 2.56. The highest BCUT2D eigenvalue weighted by atomic mass is 32.2. The van der Waals surface area contributed by atoms with E-state index in [-0.39, 0.29) is 5.25 Å². The van der Waals surface area contributed by atoms with Gasteiger partial charge in [-0.25, -0.2) is 0 Å². The summed E-state index contributed by atoms with van der Waals surface area (Å²) in [5.74, 6) is 0. The second kappa shape index (κ2) is 6.46. The molecular weight excluding hydrogens is 278 g/mol. The summed E-state index contributed by atoms with van der Waals surface area (Å²) in [6.45, 7) is 0. The SMILES string of the molecule is [O-][n+]1ccccc1SC(c1ccccc1)c1ccccc1. The lowest BCUT2D eigenvalue weighted by Gasteiger charge is -2.16. The lowest BCUT2D eigenvalue weighted by atomic mass is 10.0. The smallest absolute Gasteiger partial charge is 0.252 e. The van der Waals surface area contributed by atoms with Crippen molar-refractivity contribution in [2.45, 2.75) is 10.3 Å². The van der Waals surface area contributed by atoms with Crippen molar-refractivity contribution in [2.75, 3.05) is 0 Å². The van der Waals surface area contributed by atoms with Gasteiger partial charge in [0.25, 0.3) is 5.03 Å². The van der Waals surface area contributed by atoms with Crippen molar-refractivity contribution < 1.29 is 4.73 Å². The number of aromatic nitrogens is 1. The average molecular weight is 293 g/mol. The zero-order valence-corrected chi connectivity index (χ0v) is 12.2. The van der Waals surface area contributed by atoms with E-state index in [1.165, 1.54) is 17.3 Å². The Morgan fingerprint density at radius 3 is 1.76 bits per heavy atom. The molecule has 3 rings (SSSR count). The van der Waals surface area contributed by atoms with Gasteiger partial charge in [0.1, 0.15) is 0 Å². The number of hydrogen-bond acceptors (Lipinski definition) is 2. The van der Waals surface area contributed by atoms with Crippen LogP contribution in [-0.4, -0.2) is 0 Å². The predicted molar refractivity (Wildman–Crippen MR) is 86.0 cm³/mol. The third-order valence-electron chi connectivity index (χ3n) is 3.23. The zero-order chi connectivity index (χ0) is 14.5. The van der Waals surface area contributed by atoms with Crippen LogP contribution in [0.4, 0.5) is 0 Å². The quantitative estimate of drug-likeness (QED) is 0.409. The van der Waals surface area contributed by atoms with Gasteiger partial charge in [-0.1, -0.05) is 60.7 Å². The van der Waals surface area contributed by atoms with E-state index in [0.29, 0.717) is 5.03 Å². The minimum absolute atomic E-state index is 0.106. The Balaban J connectivity index is 1.99. The molecule has 3 heteroatoms. The Morgan fingerprint density at radius 2 is 1.24 bits per heavy atom. The molecule has 0 fully saturated rings. The third-order valence-corrected chi connectivity index (χ3v) is 4.57. The Hall–Kier alpha value is -2.26. The van der Waals surface area contributed by atoms with Crippen LogP contribution in [0.25, 0.3) is 0 Å². The van der Waals surface area contributed by atoms with Crippen LogP contribution < -0.4 is 4.73 Å². The van der Waals surface area contributed by atoms with Crippen molar-refractivity contribution >= 4 is 11.8 Å². The first kappa shape index (κ1) is 13.7. The minimum atomic E-state index is 0.106.